The van der Waals surface area contributed by atoms with Crippen LogP contribution in [0.25, 0.3) is 0 Å². The lowest BCUT2D eigenvalue weighted by atomic mass is 10.0. The molecular weight excluding hydrogens is 296 g/mol. The molecule has 0 fully saturated rings. The standard InChI is InChI=1S/C19H23ClO2/c1-2-21-15-22-19-14-8-6-12-17(19)11-4-3-9-16-10-5-7-13-18(16)20/h5-8,10,12-14H,2-4,9,11,15H2,1H3. The number of hydrogen-bond donors (Lipinski definition) is 0. The van der Waals surface area contributed by atoms with Gasteiger partial charge in [-0.15, -0.1) is 0 Å². The summed E-state index contributed by atoms with van der Waals surface area (Å²) < 4.78 is 10.9. The zero-order chi connectivity index (χ0) is 15.6. The van der Waals surface area contributed by atoms with Crippen molar-refractivity contribution in [1.82, 2.24) is 0 Å². The van der Waals surface area contributed by atoms with E-state index < -0.39 is 0 Å². The van der Waals surface area contributed by atoms with Crippen LogP contribution in [0.2, 0.25) is 5.02 Å². The molecule has 0 unspecified atom stereocenters. The van der Waals surface area contributed by atoms with Crippen LogP contribution in [-0.2, 0) is 17.6 Å². The molecule has 2 nitrogen and oxygen atoms in total. The first-order valence-electron chi connectivity index (χ1n) is 7.83. The van der Waals surface area contributed by atoms with Gasteiger partial charge in [0.1, 0.15) is 5.75 Å². The predicted octanol–water partition coefficient (Wildman–Crippen LogP) is 5.28. The van der Waals surface area contributed by atoms with Crippen LogP contribution in [0.1, 0.15) is 30.9 Å². The number of ether oxygens (including phenoxy) is 2. The van der Waals surface area contributed by atoms with Crippen molar-refractivity contribution < 1.29 is 9.47 Å². The second-order valence-electron chi connectivity index (χ2n) is 5.16. The summed E-state index contributed by atoms with van der Waals surface area (Å²) in [5.41, 5.74) is 2.46. The maximum atomic E-state index is 6.18. The van der Waals surface area contributed by atoms with Crippen LogP contribution in [0, 0.1) is 0 Å². The summed E-state index contributed by atoms with van der Waals surface area (Å²) >= 11 is 6.18. The highest BCUT2D eigenvalue weighted by atomic mass is 35.5. The topological polar surface area (TPSA) is 18.5 Å². The highest BCUT2D eigenvalue weighted by Crippen LogP contribution is 2.22. The molecule has 0 radical (unpaired) electrons. The molecule has 0 saturated carbocycles. The molecule has 0 bridgehead atoms. The Kier molecular flexibility index (Phi) is 7.27. The molecule has 118 valence electrons. The molecule has 0 aliphatic carbocycles. The molecule has 0 spiro atoms. The van der Waals surface area contributed by atoms with E-state index in [1.807, 2.05) is 37.3 Å². The number of unbranched alkanes of at least 4 members (excludes halogenated alkanes) is 1. The van der Waals surface area contributed by atoms with Gasteiger partial charge in [0.05, 0.1) is 0 Å². The zero-order valence-corrected chi connectivity index (χ0v) is 13.8. The van der Waals surface area contributed by atoms with Gasteiger partial charge in [0, 0.05) is 11.6 Å². The second-order valence-corrected chi connectivity index (χ2v) is 5.57. The third kappa shape index (κ3) is 5.36. The number of para-hydroxylation sites is 1. The Morgan fingerprint density at radius 2 is 1.50 bits per heavy atom. The van der Waals surface area contributed by atoms with E-state index in [1.54, 1.807) is 0 Å². The Morgan fingerprint density at radius 1 is 0.864 bits per heavy atom. The summed E-state index contributed by atoms with van der Waals surface area (Å²) in [6.45, 7) is 2.94. The van der Waals surface area contributed by atoms with E-state index in [0.29, 0.717) is 13.4 Å². The molecule has 0 saturated heterocycles. The smallest absolute Gasteiger partial charge is 0.189 e. The third-order valence-electron chi connectivity index (χ3n) is 3.57. The number of benzene rings is 2. The fraction of sp³-hybridized carbons (Fsp3) is 0.368. The van der Waals surface area contributed by atoms with Gasteiger partial charge in [0.15, 0.2) is 6.79 Å². The van der Waals surface area contributed by atoms with Crippen molar-refractivity contribution in [2.75, 3.05) is 13.4 Å². The molecule has 2 aromatic carbocycles. The van der Waals surface area contributed by atoms with Gasteiger partial charge in [0.25, 0.3) is 0 Å². The molecule has 0 aliphatic rings. The van der Waals surface area contributed by atoms with E-state index in [9.17, 15) is 0 Å². The fourth-order valence-corrected chi connectivity index (χ4v) is 2.60. The van der Waals surface area contributed by atoms with Gasteiger partial charge in [-0.2, -0.15) is 0 Å². The minimum absolute atomic E-state index is 0.313. The van der Waals surface area contributed by atoms with Crippen LogP contribution in [-0.4, -0.2) is 13.4 Å². The molecule has 0 aromatic heterocycles. The monoisotopic (exact) mass is 318 g/mol. The highest BCUT2D eigenvalue weighted by Gasteiger charge is 2.04. The molecule has 0 N–H and O–H groups in total. The first-order chi connectivity index (χ1) is 10.8. The van der Waals surface area contributed by atoms with E-state index >= 15 is 0 Å². The van der Waals surface area contributed by atoms with Gasteiger partial charge >= 0.3 is 0 Å². The Morgan fingerprint density at radius 3 is 2.23 bits per heavy atom. The lowest BCUT2D eigenvalue weighted by Gasteiger charge is -2.11. The quantitative estimate of drug-likeness (QED) is 0.462. The van der Waals surface area contributed by atoms with Crippen LogP contribution in [0.15, 0.2) is 48.5 Å². The lowest BCUT2D eigenvalue weighted by Crippen LogP contribution is -2.04. The van der Waals surface area contributed by atoms with Gasteiger partial charge in [-0.3, -0.25) is 0 Å². The predicted molar refractivity (Wildman–Crippen MR) is 91.7 cm³/mol. The fourth-order valence-electron chi connectivity index (χ4n) is 2.37. The molecular formula is C19H23ClO2. The first kappa shape index (κ1) is 16.9. The van der Waals surface area contributed by atoms with Gasteiger partial charge in [-0.25, -0.2) is 0 Å². The van der Waals surface area contributed by atoms with Crippen molar-refractivity contribution in [1.29, 1.82) is 0 Å². The average Bonchev–Trinajstić information content (AvgIpc) is 2.54. The minimum atomic E-state index is 0.313. The van der Waals surface area contributed by atoms with Gasteiger partial charge in [-0.05, 0) is 55.9 Å². The Bertz CT molecular complexity index is 569. The molecule has 0 aliphatic heterocycles. The SMILES string of the molecule is CCOCOc1ccccc1CCCCc1ccccc1Cl. The van der Waals surface area contributed by atoms with Crippen LogP contribution in [0.4, 0.5) is 0 Å². The maximum Gasteiger partial charge on any atom is 0.189 e. The molecule has 3 heteroatoms. The molecule has 2 rings (SSSR count). The molecule has 0 atom stereocenters. The van der Waals surface area contributed by atoms with Crippen LogP contribution in [0.5, 0.6) is 5.75 Å². The summed E-state index contributed by atoms with van der Waals surface area (Å²) in [6, 6.07) is 16.2. The molecule has 22 heavy (non-hydrogen) atoms. The maximum absolute atomic E-state index is 6.18. The number of hydrogen-bond acceptors (Lipinski definition) is 2. The number of halogens is 1. The van der Waals surface area contributed by atoms with Crippen molar-refractivity contribution in [3.05, 3.63) is 64.7 Å². The van der Waals surface area contributed by atoms with Crippen LogP contribution >= 0.6 is 11.6 Å². The largest absolute Gasteiger partial charge is 0.467 e. The number of rotatable bonds is 9. The molecule has 2 aromatic rings. The minimum Gasteiger partial charge on any atom is -0.467 e. The lowest BCUT2D eigenvalue weighted by molar-refractivity contribution is 0.0218. The van der Waals surface area contributed by atoms with Gasteiger partial charge < -0.3 is 9.47 Å². The first-order valence-corrected chi connectivity index (χ1v) is 8.21. The Hall–Kier alpha value is -1.51. The molecule has 0 heterocycles. The van der Waals surface area contributed by atoms with Crippen molar-refractivity contribution >= 4 is 11.6 Å². The van der Waals surface area contributed by atoms with E-state index in [1.165, 1.54) is 11.1 Å². The van der Waals surface area contributed by atoms with Crippen LogP contribution in [0.3, 0.4) is 0 Å². The highest BCUT2D eigenvalue weighted by molar-refractivity contribution is 6.31. The van der Waals surface area contributed by atoms with Gasteiger partial charge in [0.2, 0.25) is 0 Å². The summed E-state index contributed by atoms with van der Waals surface area (Å²) in [5.74, 6) is 0.925. The van der Waals surface area contributed by atoms with Crippen molar-refractivity contribution in [2.24, 2.45) is 0 Å². The summed E-state index contributed by atoms with van der Waals surface area (Å²) in [4.78, 5) is 0. The van der Waals surface area contributed by atoms with E-state index in [4.69, 9.17) is 21.1 Å². The van der Waals surface area contributed by atoms with E-state index in [2.05, 4.69) is 18.2 Å². The van der Waals surface area contributed by atoms with Crippen molar-refractivity contribution in [2.45, 2.75) is 32.6 Å². The Labute approximate surface area is 138 Å². The van der Waals surface area contributed by atoms with E-state index in [0.717, 1.165) is 36.5 Å². The van der Waals surface area contributed by atoms with Crippen molar-refractivity contribution in [3.63, 3.8) is 0 Å². The second kappa shape index (κ2) is 9.50. The number of aryl methyl sites for hydroxylation is 2. The van der Waals surface area contributed by atoms with Crippen molar-refractivity contribution in [3.8, 4) is 5.75 Å². The average molecular weight is 319 g/mol. The van der Waals surface area contributed by atoms with Gasteiger partial charge in [-0.1, -0.05) is 48.0 Å². The Balaban J connectivity index is 1.80. The normalized spacial score (nSPS) is 10.6. The summed E-state index contributed by atoms with van der Waals surface area (Å²) in [5, 5.41) is 0.864. The van der Waals surface area contributed by atoms with Crippen LogP contribution < -0.4 is 4.74 Å². The summed E-state index contributed by atoms with van der Waals surface area (Å²) in [7, 11) is 0. The molecule has 0 amide bonds. The van der Waals surface area contributed by atoms with E-state index in [-0.39, 0.29) is 0 Å². The zero-order valence-electron chi connectivity index (χ0n) is 13.1. The summed E-state index contributed by atoms with van der Waals surface area (Å²) in [6.07, 6.45) is 4.25. The third-order valence-corrected chi connectivity index (χ3v) is 3.94.